The number of halogens is 3. The van der Waals surface area contributed by atoms with Crippen LogP contribution in [0.3, 0.4) is 0 Å². The van der Waals surface area contributed by atoms with E-state index in [4.69, 9.17) is 17.7 Å². The fraction of sp³-hybridized carbons (Fsp3) is 0.667. The van der Waals surface area contributed by atoms with E-state index in [-0.39, 0.29) is 0 Å². The Hall–Kier alpha value is -0.600. The normalized spacial score (nSPS) is 17.1. The van der Waals surface area contributed by atoms with Crippen LogP contribution >= 0.6 is 0 Å². The van der Waals surface area contributed by atoms with Gasteiger partial charge in [0.05, 0.1) is 13.2 Å². The highest BCUT2D eigenvalue weighted by atomic mass is 32.2. The molecule has 14 heavy (non-hydrogen) atoms. The van der Waals surface area contributed by atoms with Gasteiger partial charge in [0.2, 0.25) is 0 Å². The van der Waals surface area contributed by atoms with Gasteiger partial charge in [0, 0.05) is 0 Å². The zero-order valence-electron chi connectivity index (χ0n) is 6.99. The van der Waals surface area contributed by atoms with Crippen LogP contribution in [0.1, 0.15) is 6.42 Å². The summed E-state index contributed by atoms with van der Waals surface area (Å²) in [4.78, 5) is 0. The molecular weight excluding hydrogens is 225 g/mol. The molecule has 0 aromatic heterocycles. The largest absolute Gasteiger partial charge is 0.522 e. The fourth-order valence-electron chi connectivity index (χ4n) is 0.489. The molecule has 0 aliphatic carbocycles. The summed E-state index contributed by atoms with van der Waals surface area (Å²) in [5.41, 5.74) is -5.53. The molecule has 0 saturated heterocycles. The van der Waals surface area contributed by atoms with Gasteiger partial charge in [-0.15, -0.1) is 0 Å². The average Bonchev–Trinajstić information content (AvgIpc) is 2.05. The van der Waals surface area contributed by atoms with Crippen LogP contribution in [0.2, 0.25) is 0 Å². The lowest BCUT2D eigenvalue weighted by Crippen LogP contribution is -2.21. The molecule has 1 N–H and O–H groups in total. The Morgan fingerprint density at radius 1 is 1.29 bits per heavy atom. The monoisotopic (exact) mass is 234 g/mol. The Labute approximate surface area is 79.1 Å². The summed E-state index contributed by atoms with van der Waals surface area (Å²) < 4.78 is 62.5. The predicted molar refractivity (Wildman–Crippen MR) is 42.2 cm³/mol. The van der Waals surface area contributed by atoms with Gasteiger partial charge in [-0.05, 0) is 6.42 Å². The first-order valence-electron chi connectivity index (χ1n) is 3.51. The first kappa shape index (κ1) is 13.4. The zero-order chi connectivity index (χ0) is 11.2. The number of alkyl halides is 3. The molecule has 0 atom stereocenters. The minimum absolute atomic E-state index is 0.819. The second kappa shape index (κ2) is 5.32. The highest BCUT2D eigenvalue weighted by Crippen LogP contribution is 2.20. The van der Waals surface area contributed by atoms with Gasteiger partial charge >= 0.3 is 15.6 Å². The summed E-state index contributed by atoms with van der Waals surface area (Å²) in [6.45, 7) is 1.73. The minimum Gasteiger partial charge on any atom is -0.377 e. The van der Waals surface area contributed by atoms with Crippen LogP contribution in [0.4, 0.5) is 13.2 Å². The SMILES string of the molecule is C1=CCOCC1.O=S(=O)(O)C(F)(F)F. The summed E-state index contributed by atoms with van der Waals surface area (Å²) in [6, 6.07) is 0. The summed E-state index contributed by atoms with van der Waals surface area (Å²) in [5.74, 6) is 0. The zero-order valence-corrected chi connectivity index (χ0v) is 7.81. The van der Waals surface area contributed by atoms with Gasteiger partial charge in [-0.3, -0.25) is 4.55 Å². The Morgan fingerprint density at radius 3 is 1.86 bits per heavy atom. The van der Waals surface area contributed by atoms with E-state index >= 15 is 0 Å². The lowest BCUT2D eigenvalue weighted by molar-refractivity contribution is -0.0510. The summed E-state index contributed by atoms with van der Waals surface area (Å²) >= 11 is 0. The van der Waals surface area contributed by atoms with Gasteiger partial charge in [0.1, 0.15) is 0 Å². The molecule has 0 saturated carbocycles. The Kier molecular flexibility index (Phi) is 5.09. The lowest BCUT2D eigenvalue weighted by Gasteiger charge is -2.00. The minimum atomic E-state index is -5.84. The first-order valence-corrected chi connectivity index (χ1v) is 4.95. The highest BCUT2D eigenvalue weighted by Gasteiger charge is 2.44. The summed E-state index contributed by atoms with van der Waals surface area (Å²) in [5, 5.41) is 0. The van der Waals surface area contributed by atoms with Gasteiger partial charge in [0.25, 0.3) is 0 Å². The second-order valence-electron chi connectivity index (χ2n) is 2.26. The molecule has 1 aliphatic rings. The van der Waals surface area contributed by atoms with Gasteiger partial charge in [-0.25, -0.2) is 0 Å². The van der Waals surface area contributed by atoms with Crippen LogP contribution in [-0.2, 0) is 14.9 Å². The van der Waals surface area contributed by atoms with Crippen LogP contribution in [0.25, 0.3) is 0 Å². The molecule has 0 unspecified atom stereocenters. The average molecular weight is 234 g/mol. The number of hydrogen-bond acceptors (Lipinski definition) is 3. The summed E-state index contributed by atoms with van der Waals surface area (Å²) in [7, 11) is -5.84. The molecule has 0 bridgehead atoms. The molecule has 84 valence electrons. The Bertz CT molecular complexity index is 272. The van der Waals surface area contributed by atoms with E-state index in [9.17, 15) is 13.2 Å². The molecular formula is C6H9F3O4S. The van der Waals surface area contributed by atoms with E-state index in [1.54, 1.807) is 0 Å². The maximum absolute atomic E-state index is 10.7. The van der Waals surface area contributed by atoms with Crippen molar-refractivity contribution < 1.29 is 30.9 Å². The number of rotatable bonds is 0. The first-order chi connectivity index (χ1) is 6.25. The van der Waals surface area contributed by atoms with E-state index in [2.05, 4.69) is 6.08 Å². The molecule has 8 heteroatoms. The Morgan fingerprint density at radius 2 is 1.79 bits per heavy atom. The maximum atomic E-state index is 10.7. The van der Waals surface area contributed by atoms with E-state index in [0.717, 1.165) is 19.6 Å². The van der Waals surface area contributed by atoms with Crippen molar-refractivity contribution in [3.05, 3.63) is 12.2 Å². The van der Waals surface area contributed by atoms with Crippen molar-refractivity contribution >= 4 is 10.1 Å². The van der Waals surface area contributed by atoms with Crippen molar-refractivity contribution in [2.45, 2.75) is 11.9 Å². The highest BCUT2D eigenvalue weighted by molar-refractivity contribution is 7.86. The molecule has 1 rings (SSSR count). The lowest BCUT2D eigenvalue weighted by atomic mass is 10.3. The van der Waals surface area contributed by atoms with Gasteiger partial charge in [0.15, 0.2) is 0 Å². The van der Waals surface area contributed by atoms with Gasteiger partial charge in [-0.2, -0.15) is 21.6 Å². The third-order valence-electron chi connectivity index (χ3n) is 1.10. The van der Waals surface area contributed by atoms with E-state index < -0.39 is 15.6 Å². The topological polar surface area (TPSA) is 63.6 Å². The second-order valence-corrected chi connectivity index (χ2v) is 3.67. The number of ether oxygens (including phenoxy) is 1. The molecule has 0 amide bonds. The van der Waals surface area contributed by atoms with Crippen molar-refractivity contribution in [2.75, 3.05) is 13.2 Å². The standard InChI is InChI=1S/C5H8O.CHF3O3S/c1-2-4-6-5-3-1;2-1(3,4)8(5,6)7/h1-2H,3-5H2;(H,5,6,7). The van der Waals surface area contributed by atoms with Gasteiger partial charge in [-0.1, -0.05) is 12.2 Å². The number of hydrogen-bond donors (Lipinski definition) is 1. The van der Waals surface area contributed by atoms with E-state index in [0.29, 0.717) is 0 Å². The molecule has 0 aromatic rings. The van der Waals surface area contributed by atoms with Crippen LogP contribution in [0.5, 0.6) is 0 Å². The maximum Gasteiger partial charge on any atom is 0.522 e. The fourth-order valence-corrected chi connectivity index (χ4v) is 0.489. The van der Waals surface area contributed by atoms with Crippen molar-refractivity contribution in [1.82, 2.24) is 0 Å². The predicted octanol–water partition coefficient (Wildman–Crippen LogP) is 1.36. The van der Waals surface area contributed by atoms with Gasteiger partial charge < -0.3 is 4.74 Å². The third-order valence-corrected chi connectivity index (χ3v) is 1.69. The quantitative estimate of drug-likeness (QED) is 0.390. The molecule has 1 heterocycles. The van der Waals surface area contributed by atoms with E-state index in [1.807, 2.05) is 6.08 Å². The van der Waals surface area contributed by atoms with Crippen molar-refractivity contribution in [2.24, 2.45) is 0 Å². The van der Waals surface area contributed by atoms with Crippen molar-refractivity contribution in [3.63, 3.8) is 0 Å². The van der Waals surface area contributed by atoms with E-state index in [1.165, 1.54) is 0 Å². The molecule has 4 nitrogen and oxygen atoms in total. The van der Waals surface area contributed by atoms with Crippen molar-refractivity contribution in [3.8, 4) is 0 Å². The van der Waals surface area contributed by atoms with Crippen LogP contribution < -0.4 is 0 Å². The molecule has 1 aliphatic heterocycles. The van der Waals surface area contributed by atoms with Crippen LogP contribution in [0.15, 0.2) is 12.2 Å². The summed E-state index contributed by atoms with van der Waals surface area (Å²) in [6.07, 6.45) is 5.28. The molecule has 0 spiro atoms. The molecule has 0 aromatic carbocycles. The third kappa shape index (κ3) is 5.95. The molecule has 0 radical (unpaired) electrons. The molecule has 0 fully saturated rings. The van der Waals surface area contributed by atoms with Crippen LogP contribution in [0, 0.1) is 0 Å². The van der Waals surface area contributed by atoms with Crippen molar-refractivity contribution in [1.29, 1.82) is 0 Å². The van der Waals surface area contributed by atoms with Crippen LogP contribution in [-0.4, -0.2) is 31.7 Å². The Balaban J connectivity index is 0.000000249. The smallest absolute Gasteiger partial charge is 0.377 e.